The molecule has 0 aliphatic carbocycles. The van der Waals surface area contributed by atoms with E-state index < -0.39 is 77.3 Å². The molecule has 2 aromatic carbocycles. The highest BCUT2D eigenvalue weighted by Gasteiger charge is 2.48. The fourth-order valence-corrected chi connectivity index (χ4v) is 8.62. The number of likely N-dealkylation sites (tertiary alicyclic amines) is 2. The minimum absolute atomic E-state index is 0.0430. The Morgan fingerprint density at radius 2 is 1.11 bits per heavy atom. The highest BCUT2D eigenvalue weighted by atomic mass is 16.6. The lowest BCUT2D eigenvalue weighted by Crippen LogP contribution is -2.65. The van der Waals surface area contributed by atoms with Gasteiger partial charge in [-0.05, 0) is 104 Å². The molecular formula is C52H78N8O11. The molecule has 19 nitrogen and oxygen atoms in total. The summed E-state index contributed by atoms with van der Waals surface area (Å²) in [4.78, 5) is 110. The van der Waals surface area contributed by atoms with Gasteiger partial charge in [0.1, 0.15) is 35.4 Å². The monoisotopic (exact) mass is 991 g/mol. The number of nitrogens with one attached hydrogen (secondary N) is 5. The van der Waals surface area contributed by atoms with Crippen LogP contribution in [0.5, 0.6) is 0 Å². The zero-order chi connectivity index (χ0) is 52.5. The number of rotatable bonds is 23. The number of alkyl carbamates (subject to hydrolysis) is 2. The van der Waals surface area contributed by atoms with Gasteiger partial charge in [0, 0.05) is 57.4 Å². The average molecular weight is 991 g/mol. The Morgan fingerprint density at radius 3 is 1.62 bits per heavy atom. The molecule has 2 fully saturated rings. The molecule has 2 aliphatic heterocycles. The maximum absolute atomic E-state index is 14.5. The van der Waals surface area contributed by atoms with E-state index in [2.05, 4.69) is 26.6 Å². The molecular weight excluding hydrogens is 913 g/mol. The van der Waals surface area contributed by atoms with Crippen molar-refractivity contribution in [1.29, 1.82) is 0 Å². The van der Waals surface area contributed by atoms with Crippen molar-refractivity contribution >= 4 is 47.7 Å². The van der Waals surface area contributed by atoms with E-state index in [0.717, 1.165) is 11.1 Å². The third kappa shape index (κ3) is 19.8. The minimum atomic E-state index is -1.19. The topological polar surface area (TPSA) is 268 Å². The Balaban J connectivity index is 1.52. The van der Waals surface area contributed by atoms with Gasteiger partial charge in [-0.25, -0.2) is 9.59 Å². The first-order valence-electron chi connectivity index (χ1n) is 24.8. The molecule has 5 atom stereocenters. The van der Waals surface area contributed by atoms with Crippen molar-refractivity contribution in [1.82, 2.24) is 36.4 Å². The molecule has 0 saturated carbocycles. The Bertz CT molecular complexity index is 2110. The van der Waals surface area contributed by atoms with E-state index in [1.54, 1.807) is 51.3 Å². The molecule has 2 aromatic rings. The van der Waals surface area contributed by atoms with Crippen molar-refractivity contribution < 1.29 is 52.9 Å². The lowest BCUT2D eigenvalue weighted by molar-refractivity contribution is -0.152. The molecule has 71 heavy (non-hydrogen) atoms. The van der Waals surface area contributed by atoms with Gasteiger partial charge >= 0.3 is 18.2 Å². The normalized spacial score (nSPS) is 16.5. The van der Waals surface area contributed by atoms with Crippen LogP contribution < -0.4 is 32.3 Å². The lowest BCUT2D eigenvalue weighted by atomic mass is 9.71. The zero-order valence-corrected chi connectivity index (χ0v) is 42.8. The molecule has 2 aliphatic rings. The van der Waals surface area contributed by atoms with Crippen molar-refractivity contribution in [3.8, 4) is 0 Å². The largest absolute Gasteiger partial charge is 0.481 e. The van der Waals surface area contributed by atoms with Crippen molar-refractivity contribution in [2.45, 2.75) is 161 Å². The highest BCUT2D eigenvalue weighted by Crippen LogP contribution is 2.41. The highest BCUT2D eigenvalue weighted by molar-refractivity contribution is 5.95. The summed E-state index contributed by atoms with van der Waals surface area (Å²) in [6.07, 6.45) is 1.15. The predicted molar refractivity (Wildman–Crippen MR) is 266 cm³/mol. The summed E-state index contributed by atoms with van der Waals surface area (Å²) in [5, 5.41) is 23.1. The molecule has 4 rings (SSSR count). The fraction of sp³-hybridized carbons (Fsp3) is 0.615. The van der Waals surface area contributed by atoms with Gasteiger partial charge in [-0.2, -0.15) is 0 Å². The molecule has 0 radical (unpaired) electrons. The van der Waals surface area contributed by atoms with Crippen molar-refractivity contribution in [3.63, 3.8) is 0 Å². The predicted octanol–water partition coefficient (Wildman–Crippen LogP) is 4.20. The van der Waals surface area contributed by atoms with Crippen LogP contribution in [-0.2, 0) is 51.1 Å². The van der Waals surface area contributed by atoms with Crippen LogP contribution in [0.4, 0.5) is 9.59 Å². The fourth-order valence-electron chi connectivity index (χ4n) is 8.62. The van der Waals surface area contributed by atoms with E-state index >= 15 is 0 Å². The van der Waals surface area contributed by atoms with E-state index in [0.29, 0.717) is 51.9 Å². The van der Waals surface area contributed by atoms with Crippen LogP contribution in [0.25, 0.3) is 0 Å². The first-order chi connectivity index (χ1) is 33.3. The van der Waals surface area contributed by atoms with Crippen LogP contribution in [0.2, 0.25) is 0 Å². The van der Waals surface area contributed by atoms with Gasteiger partial charge in [0.05, 0.1) is 6.04 Å². The van der Waals surface area contributed by atoms with Gasteiger partial charge < -0.3 is 56.7 Å². The molecule has 1 spiro atoms. The first kappa shape index (κ1) is 57.3. The molecule has 0 aromatic heterocycles. The van der Waals surface area contributed by atoms with Crippen LogP contribution >= 0.6 is 0 Å². The van der Waals surface area contributed by atoms with Crippen LogP contribution in [0.3, 0.4) is 0 Å². The van der Waals surface area contributed by atoms with Gasteiger partial charge in [0.25, 0.3) is 0 Å². The second-order valence-corrected chi connectivity index (χ2v) is 21.4. The standard InChI is InChI=1S/C52H78N8O11/c1-34(2)29-39(56-44(64)40(30-35-17-11-9-12-18-35)57-45(65)41(31-36-19-13-10-14-20-36)58-49(69)71-51(6,7)8)43(63)55-38(21-15-16-26-54-48(68)70-50(3,4)5)47(67)59-27-24-52(25-28-59)32-60(33-52)46(66)37(53)22-23-42(61)62/h9-14,17-20,34,37-41H,15-16,21-33,53H2,1-8H3,(H,54,68)(H,55,63)(H,56,64)(H,57,65)(H,58,69)(H,61,62)/t37-,38-,39-,40-,41-/m1/s1. The number of hydrogen-bond acceptors (Lipinski definition) is 11. The number of hydrogen-bond donors (Lipinski definition) is 7. The second kappa shape index (κ2) is 26.3. The van der Waals surface area contributed by atoms with Crippen molar-refractivity contribution in [2.24, 2.45) is 17.1 Å². The van der Waals surface area contributed by atoms with Gasteiger partial charge in [-0.1, -0.05) is 74.5 Å². The van der Waals surface area contributed by atoms with E-state index in [9.17, 15) is 38.4 Å². The quantitative estimate of drug-likeness (QED) is 0.0773. The zero-order valence-electron chi connectivity index (χ0n) is 42.8. The molecule has 0 unspecified atom stereocenters. The molecule has 2 saturated heterocycles. The third-order valence-electron chi connectivity index (χ3n) is 12.2. The Labute approximate surface area is 418 Å². The Hall–Kier alpha value is -6.24. The van der Waals surface area contributed by atoms with E-state index in [1.165, 1.54) is 0 Å². The maximum atomic E-state index is 14.5. The number of ether oxygens (including phenoxy) is 2. The number of aliphatic carboxylic acids is 1. The van der Waals surface area contributed by atoms with Gasteiger partial charge in [0.15, 0.2) is 0 Å². The second-order valence-electron chi connectivity index (χ2n) is 21.4. The van der Waals surface area contributed by atoms with Crippen molar-refractivity contribution in [3.05, 3.63) is 71.8 Å². The van der Waals surface area contributed by atoms with Gasteiger partial charge in [-0.15, -0.1) is 0 Å². The molecule has 19 heteroatoms. The number of nitrogens with zero attached hydrogens (tertiary/aromatic N) is 2. The number of amides is 7. The van der Waals surface area contributed by atoms with E-state index in [1.807, 2.05) is 74.5 Å². The number of piperidine rings is 1. The summed E-state index contributed by atoms with van der Waals surface area (Å²) in [6, 6.07) is 12.8. The average Bonchev–Trinajstić information content (AvgIpc) is 3.27. The SMILES string of the molecule is CC(C)C[C@@H](NC(=O)[C@@H](Cc1ccccc1)NC(=O)[C@@H](Cc1ccccc1)NC(=O)OC(C)(C)C)C(=O)N[C@H](CCCCNC(=O)OC(C)(C)C)C(=O)N1CCC2(CC1)CN(C(=O)[C@H](N)CCC(=O)O)C2. The molecule has 0 bridgehead atoms. The number of benzene rings is 2. The third-order valence-corrected chi connectivity index (χ3v) is 12.2. The van der Waals surface area contributed by atoms with Crippen molar-refractivity contribution in [2.75, 3.05) is 32.7 Å². The molecule has 2 heterocycles. The summed E-state index contributed by atoms with van der Waals surface area (Å²) in [7, 11) is 0. The molecule has 8 N–H and O–H groups in total. The number of carbonyl (C=O) groups is 8. The number of unbranched alkanes of at least 4 members (excludes halogenated alkanes) is 1. The van der Waals surface area contributed by atoms with Crippen LogP contribution in [0, 0.1) is 11.3 Å². The minimum Gasteiger partial charge on any atom is -0.481 e. The lowest BCUT2D eigenvalue weighted by Gasteiger charge is -2.54. The number of carboxylic acid groups (broad SMARTS) is 1. The number of carbonyl (C=O) groups excluding carboxylic acids is 7. The van der Waals surface area contributed by atoms with Crippen LogP contribution in [-0.4, -0.2) is 137 Å². The summed E-state index contributed by atoms with van der Waals surface area (Å²) >= 11 is 0. The number of nitrogens with two attached hydrogens (primary N) is 1. The summed E-state index contributed by atoms with van der Waals surface area (Å²) in [5.41, 5.74) is 5.75. The molecule has 392 valence electrons. The van der Waals surface area contributed by atoms with Crippen LogP contribution in [0.15, 0.2) is 60.7 Å². The Morgan fingerprint density at radius 1 is 0.634 bits per heavy atom. The van der Waals surface area contributed by atoms with E-state index in [4.69, 9.17) is 20.3 Å². The van der Waals surface area contributed by atoms with Gasteiger partial charge in [-0.3, -0.25) is 28.8 Å². The van der Waals surface area contributed by atoms with Crippen LogP contribution in [0.1, 0.15) is 118 Å². The first-order valence-corrected chi connectivity index (χ1v) is 24.8. The summed E-state index contributed by atoms with van der Waals surface area (Å²) in [6.45, 7) is 16.1. The summed E-state index contributed by atoms with van der Waals surface area (Å²) < 4.78 is 10.8. The smallest absolute Gasteiger partial charge is 0.408 e. The Kier molecular flexibility index (Phi) is 21.2. The number of carboxylic acids is 1. The van der Waals surface area contributed by atoms with E-state index in [-0.39, 0.29) is 68.2 Å². The maximum Gasteiger partial charge on any atom is 0.408 e. The molecule has 7 amide bonds. The van der Waals surface area contributed by atoms with Gasteiger partial charge in [0.2, 0.25) is 29.5 Å². The summed E-state index contributed by atoms with van der Waals surface area (Å²) in [5.74, 6) is -3.58.